The first-order valence-electron chi connectivity index (χ1n) is 11.3. The summed E-state index contributed by atoms with van der Waals surface area (Å²) in [5.74, 6) is -1.84. The minimum atomic E-state index is -1.06. The van der Waals surface area contributed by atoms with E-state index >= 15 is 0 Å². The van der Waals surface area contributed by atoms with Crippen molar-refractivity contribution in [1.82, 2.24) is 24.6 Å². The molecule has 3 aromatic heterocycles. The zero-order valence-corrected chi connectivity index (χ0v) is 20.8. The topological polar surface area (TPSA) is 166 Å². The van der Waals surface area contributed by atoms with Gasteiger partial charge in [0, 0.05) is 44.2 Å². The highest BCUT2D eigenvalue weighted by Gasteiger charge is 2.35. The lowest BCUT2D eigenvalue weighted by Crippen LogP contribution is -2.44. The summed E-state index contributed by atoms with van der Waals surface area (Å²) in [6, 6.07) is 11.5. The number of fused-ring (bicyclic) bond motifs is 1. The summed E-state index contributed by atoms with van der Waals surface area (Å²) in [7, 11) is 1.53. The highest BCUT2D eigenvalue weighted by molar-refractivity contribution is 7.09. The lowest BCUT2D eigenvalue weighted by molar-refractivity contribution is -0.126. The molecule has 0 saturated carbocycles. The first-order valence-corrected chi connectivity index (χ1v) is 12.0. The fourth-order valence-corrected chi connectivity index (χ4v) is 4.60. The minimum absolute atomic E-state index is 0.00911. The van der Waals surface area contributed by atoms with E-state index < -0.39 is 23.8 Å². The zero-order valence-electron chi connectivity index (χ0n) is 20.0. The van der Waals surface area contributed by atoms with E-state index in [9.17, 15) is 14.4 Å². The summed E-state index contributed by atoms with van der Waals surface area (Å²) in [5, 5.41) is 3.64. The number of aromatic nitrogens is 3. The molecule has 0 aliphatic carbocycles. The molecule has 0 saturated heterocycles. The van der Waals surface area contributed by atoms with Crippen molar-refractivity contribution in [3.8, 4) is 0 Å². The van der Waals surface area contributed by atoms with E-state index in [0.29, 0.717) is 17.7 Å². The van der Waals surface area contributed by atoms with E-state index in [0.717, 1.165) is 22.4 Å². The van der Waals surface area contributed by atoms with Gasteiger partial charge in [0.15, 0.2) is 5.69 Å². The lowest BCUT2D eigenvalue weighted by atomic mass is 10.0. The number of nitrogens with one attached hydrogen (secondary N) is 1. The van der Waals surface area contributed by atoms with Gasteiger partial charge < -0.3 is 26.4 Å². The van der Waals surface area contributed by atoms with E-state index in [1.54, 1.807) is 48.9 Å². The average Bonchev–Trinajstić information content (AvgIpc) is 3.30. The molecule has 3 heterocycles. The van der Waals surface area contributed by atoms with E-state index in [4.69, 9.17) is 16.2 Å². The monoisotopic (exact) mass is 519 g/mol. The predicted molar refractivity (Wildman–Crippen MR) is 139 cm³/mol. The predicted octanol–water partition coefficient (Wildman–Crippen LogP) is 1.91. The molecule has 11 nitrogen and oxygen atoms in total. The van der Waals surface area contributed by atoms with Crippen molar-refractivity contribution in [3.05, 3.63) is 82.8 Å². The maximum absolute atomic E-state index is 13.9. The molecule has 190 valence electrons. The number of anilines is 1. The molecule has 12 heteroatoms. The number of carbonyl (C=O) groups excluding carboxylic acids is 3. The molecule has 1 unspecified atom stereocenters. The number of hydrogen-bond donors (Lipinski definition) is 3. The number of primary amides is 1. The van der Waals surface area contributed by atoms with Crippen molar-refractivity contribution in [2.24, 2.45) is 5.73 Å². The summed E-state index contributed by atoms with van der Waals surface area (Å²) in [6.07, 6.45) is 4.90. The van der Waals surface area contributed by atoms with Crippen LogP contribution in [0.1, 0.15) is 37.3 Å². The first kappa shape index (κ1) is 25.7. The Bertz CT molecular complexity index is 1430. The molecule has 0 bridgehead atoms. The SMILES string of the molecule is COCCNC(=O)C(c1ccc2ncccc2c1)N(Cc1cccnc1)C(=O)c1snc(C(N)=O)c1N. The number of hydrogen-bond acceptors (Lipinski definition) is 9. The summed E-state index contributed by atoms with van der Waals surface area (Å²) in [5.41, 5.74) is 13.1. The lowest BCUT2D eigenvalue weighted by Gasteiger charge is -2.31. The number of benzene rings is 1. The zero-order chi connectivity index (χ0) is 26.4. The van der Waals surface area contributed by atoms with Crippen LogP contribution in [0.3, 0.4) is 0 Å². The second-order valence-electron chi connectivity index (χ2n) is 8.07. The van der Waals surface area contributed by atoms with Crippen LogP contribution in [-0.2, 0) is 16.1 Å². The Labute approximate surface area is 216 Å². The summed E-state index contributed by atoms with van der Waals surface area (Å²) in [4.78, 5) is 49.1. The van der Waals surface area contributed by atoms with E-state index in [-0.39, 0.29) is 29.3 Å². The summed E-state index contributed by atoms with van der Waals surface area (Å²) in [6.45, 7) is 0.564. The van der Waals surface area contributed by atoms with Crippen LogP contribution >= 0.6 is 11.5 Å². The molecule has 0 aliphatic heterocycles. The van der Waals surface area contributed by atoms with Crippen LogP contribution < -0.4 is 16.8 Å². The molecule has 0 radical (unpaired) electrons. The normalized spacial score (nSPS) is 11.7. The van der Waals surface area contributed by atoms with Crippen LogP contribution in [0.5, 0.6) is 0 Å². The third-order valence-corrected chi connectivity index (χ3v) is 6.45. The summed E-state index contributed by atoms with van der Waals surface area (Å²) >= 11 is 0.755. The smallest absolute Gasteiger partial charge is 0.270 e. The highest BCUT2D eigenvalue weighted by atomic mass is 32.1. The van der Waals surface area contributed by atoms with Gasteiger partial charge in [-0.1, -0.05) is 18.2 Å². The van der Waals surface area contributed by atoms with E-state index in [2.05, 4.69) is 19.7 Å². The van der Waals surface area contributed by atoms with Crippen LogP contribution in [-0.4, -0.2) is 57.2 Å². The van der Waals surface area contributed by atoms with Crippen LogP contribution in [0, 0.1) is 0 Å². The quantitative estimate of drug-likeness (QED) is 0.267. The highest BCUT2D eigenvalue weighted by Crippen LogP contribution is 2.31. The number of pyridine rings is 2. The van der Waals surface area contributed by atoms with Crippen LogP contribution in [0.4, 0.5) is 5.69 Å². The Morgan fingerprint density at radius 3 is 2.68 bits per heavy atom. The summed E-state index contributed by atoms with van der Waals surface area (Å²) < 4.78 is 9.03. The Balaban J connectivity index is 1.83. The average molecular weight is 520 g/mol. The molecule has 0 aliphatic rings. The second-order valence-corrected chi connectivity index (χ2v) is 8.85. The van der Waals surface area contributed by atoms with Gasteiger partial charge in [-0.25, -0.2) is 0 Å². The largest absolute Gasteiger partial charge is 0.395 e. The Kier molecular flexibility index (Phi) is 8.01. The van der Waals surface area contributed by atoms with Gasteiger partial charge in [-0.15, -0.1) is 0 Å². The minimum Gasteiger partial charge on any atom is -0.395 e. The molecular weight excluding hydrogens is 494 g/mol. The standard InChI is InChI=1S/C25H25N7O4S/c1-36-11-10-30-24(34)21(17-6-7-18-16(12-17)5-3-9-29-18)32(14-15-4-2-8-28-13-15)25(35)22-19(26)20(23(27)33)31-37-22/h2-9,12-13,21H,10-11,14,26H2,1H3,(H2,27,33)(H,30,34). The number of rotatable bonds is 10. The number of ether oxygens (including phenoxy) is 1. The van der Waals surface area contributed by atoms with Gasteiger partial charge in [0.25, 0.3) is 11.8 Å². The third kappa shape index (κ3) is 5.71. The van der Waals surface area contributed by atoms with Crippen molar-refractivity contribution in [2.45, 2.75) is 12.6 Å². The van der Waals surface area contributed by atoms with Crippen molar-refractivity contribution < 1.29 is 19.1 Å². The maximum Gasteiger partial charge on any atom is 0.270 e. The fourth-order valence-electron chi connectivity index (χ4n) is 3.84. The molecule has 0 fully saturated rings. The number of methoxy groups -OCH3 is 1. The molecule has 1 atom stereocenters. The molecule has 0 spiro atoms. The van der Waals surface area contributed by atoms with Crippen LogP contribution in [0.15, 0.2) is 61.1 Å². The molecule has 3 amide bonds. The van der Waals surface area contributed by atoms with Gasteiger partial charge in [0.05, 0.1) is 17.8 Å². The van der Waals surface area contributed by atoms with Crippen molar-refractivity contribution in [1.29, 1.82) is 0 Å². The molecular formula is C25H25N7O4S. The van der Waals surface area contributed by atoms with Crippen LogP contribution in [0.2, 0.25) is 0 Å². The van der Waals surface area contributed by atoms with E-state index in [1.807, 2.05) is 12.1 Å². The van der Waals surface area contributed by atoms with Gasteiger partial charge in [-0.2, -0.15) is 4.37 Å². The van der Waals surface area contributed by atoms with Gasteiger partial charge in [0.1, 0.15) is 10.9 Å². The molecule has 4 aromatic rings. The van der Waals surface area contributed by atoms with Gasteiger partial charge in [-0.05, 0) is 46.9 Å². The van der Waals surface area contributed by atoms with Crippen molar-refractivity contribution in [2.75, 3.05) is 26.0 Å². The van der Waals surface area contributed by atoms with Crippen molar-refractivity contribution >= 4 is 45.8 Å². The Morgan fingerprint density at radius 2 is 1.97 bits per heavy atom. The first-order chi connectivity index (χ1) is 17.9. The Morgan fingerprint density at radius 1 is 1.16 bits per heavy atom. The Hall–Kier alpha value is -4.42. The number of nitrogen functional groups attached to an aromatic ring is 1. The van der Waals surface area contributed by atoms with Gasteiger partial charge in [0.2, 0.25) is 5.91 Å². The van der Waals surface area contributed by atoms with Crippen LogP contribution in [0.25, 0.3) is 10.9 Å². The molecule has 5 N–H and O–H groups in total. The number of nitrogens with zero attached hydrogens (tertiary/aromatic N) is 4. The fraction of sp³-hybridized carbons (Fsp3) is 0.200. The molecule has 4 rings (SSSR count). The van der Waals surface area contributed by atoms with Gasteiger partial charge >= 0.3 is 0 Å². The molecule has 37 heavy (non-hydrogen) atoms. The third-order valence-electron chi connectivity index (χ3n) is 5.60. The number of nitrogens with two attached hydrogens (primary N) is 2. The number of carbonyl (C=O) groups is 3. The molecule has 1 aromatic carbocycles. The number of amides is 3. The van der Waals surface area contributed by atoms with E-state index in [1.165, 1.54) is 12.0 Å². The maximum atomic E-state index is 13.9. The van der Waals surface area contributed by atoms with Gasteiger partial charge in [-0.3, -0.25) is 24.4 Å². The van der Waals surface area contributed by atoms with Crippen molar-refractivity contribution in [3.63, 3.8) is 0 Å². The second kappa shape index (κ2) is 11.5.